The van der Waals surface area contributed by atoms with E-state index in [1.54, 1.807) is 82.3 Å². The summed E-state index contributed by atoms with van der Waals surface area (Å²) in [5.74, 6) is 0.417. The fraction of sp³-hybridized carbons (Fsp3) is 0.0833. The maximum absolute atomic E-state index is 14.2. The number of nitrogens with one attached hydrogen (secondary N) is 1. The van der Waals surface area contributed by atoms with E-state index in [-0.39, 0.29) is 17.2 Å². The van der Waals surface area contributed by atoms with Crippen LogP contribution in [0.3, 0.4) is 0 Å². The van der Waals surface area contributed by atoms with Crippen molar-refractivity contribution in [2.75, 3.05) is 10.2 Å². The number of β-lactam (4-membered cyclic amide) rings is 1. The lowest BCUT2D eigenvalue weighted by Gasteiger charge is -2.44. The molecule has 1 aromatic heterocycles. The molecule has 6 aromatic rings. The van der Waals surface area contributed by atoms with Gasteiger partial charge in [0.1, 0.15) is 17.0 Å². The normalized spacial score (nSPS) is 15.9. The smallest absolute Gasteiger partial charge is 0.266 e. The molecule has 0 spiro atoms. The highest BCUT2D eigenvalue weighted by molar-refractivity contribution is 9.10. The molecule has 0 radical (unpaired) electrons. The Morgan fingerprint density at radius 3 is 2.23 bits per heavy atom. The number of phenols is 1. The molecule has 1 saturated heterocycles. The minimum Gasteiger partial charge on any atom is -0.508 e. The van der Waals surface area contributed by atoms with Gasteiger partial charge in [0.05, 0.1) is 38.4 Å². The van der Waals surface area contributed by atoms with E-state index in [4.69, 9.17) is 39.8 Å². The molecule has 0 bridgehead atoms. The van der Waals surface area contributed by atoms with Gasteiger partial charge in [-0.15, -0.1) is 11.6 Å². The zero-order chi connectivity index (χ0) is 32.8. The molecule has 0 saturated carbocycles. The first-order chi connectivity index (χ1) is 22.7. The third-order valence-electron chi connectivity index (χ3n) is 8.14. The second-order valence-corrected chi connectivity index (χ2v) is 13.2. The number of para-hydroxylation sites is 2. The number of phenolic OH excluding ortho intramolecular Hbond substituents is 1. The molecule has 2 atom stereocenters. The van der Waals surface area contributed by atoms with E-state index in [1.807, 2.05) is 36.4 Å². The number of carbonyl (C=O) groups excluding carboxylic acids is 1. The summed E-state index contributed by atoms with van der Waals surface area (Å²) >= 11 is 22.9. The summed E-state index contributed by atoms with van der Waals surface area (Å²) in [6, 6.07) is 31.8. The average molecular weight is 747 g/mol. The number of fused-ring (bicyclic) bond motifs is 1. The van der Waals surface area contributed by atoms with Crippen molar-refractivity contribution < 1.29 is 9.90 Å². The van der Waals surface area contributed by atoms with Crippen LogP contribution in [0.2, 0.25) is 10.0 Å². The number of aromatic hydroxyl groups is 1. The number of hydrogen-bond donors (Lipinski definition) is 2. The third kappa shape index (κ3) is 5.87. The average Bonchev–Trinajstić information content (AvgIpc) is 3.07. The summed E-state index contributed by atoms with van der Waals surface area (Å²) in [7, 11) is 0. The third-order valence-corrected chi connectivity index (χ3v) is 9.69. The van der Waals surface area contributed by atoms with Crippen LogP contribution in [-0.2, 0) is 11.2 Å². The van der Waals surface area contributed by atoms with Crippen LogP contribution in [0.5, 0.6) is 5.75 Å². The van der Waals surface area contributed by atoms with Crippen LogP contribution in [0, 0.1) is 0 Å². The van der Waals surface area contributed by atoms with Gasteiger partial charge >= 0.3 is 0 Å². The summed E-state index contributed by atoms with van der Waals surface area (Å²) < 4.78 is 2.36. The van der Waals surface area contributed by atoms with Gasteiger partial charge in [0, 0.05) is 22.3 Å². The maximum atomic E-state index is 14.2. The Labute approximate surface area is 293 Å². The minimum absolute atomic E-state index is 0.129. The summed E-state index contributed by atoms with van der Waals surface area (Å²) in [5, 5.41) is 13.8. The molecule has 7 nitrogen and oxygen atoms in total. The summed E-state index contributed by atoms with van der Waals surface area (Å²) in [4.78, 5) is 33.6. The molecular weight excluding hydrogens is 723 g/mol. The van der Waals surface area contributed by atoms with Gasteiger partial charge in [-0.05, 0) is 83.9 Å². The molecule has 234 valence electrons. The molecule has 7 rings (SSSR count). The zero-order valence-electron chi connectivity index (χ0n) is 24.4. The fourth-order valence-corrected chi connectivity index (χ4v) is 7.02. The Bertz CT molecular complexity index is 2210. The Kier molecular flexibility index (Phi) is 8.45. The Hall–Kier alpha value is -4.34. The van der Waals surface area contributed by atoms with E-state index in [2.05, 4.69) is 21.2 Å². The summed E-state index contributed by atoms with van der Waals surface area (Å²) in [6.07, 6.45) is 0.301. The van der Waals surface area contributed by atoms with E-state index in [9.17, 15) is 14.7 Å². The van der Waals surface area contributed by atoms with Gasteiger partial charge in [0.15, 0.2) is 0 Å². The van der Waals surface area contributed by atoms with Gasteiger partial charge in [0.25, 0.3) is 5.56 Å². The molecule has 11 heteroatoms. The van der Waals surface area contributed by atoms with Crippen molar-refractivity contribution in [3.8, 4) is 11.4 Å². The van der Waals surface area contributed by atoms with Crippen LogP contribution in [0.25, 0.3) is 16.6 Å². The molecule has 1 aliphatic heterocycles. The Morgan fingerprint density at radius 1 is 0.830 bits per heavy atom. The van der Waals surface area contributed by atoms with Gasteiger partial charge in [-0.2, -0.15) is 0 Å². The molecule has 1 amide bonds. The molecule has 2 heterocycles. The van der Waals surface area contributed by atoms with Crippen molar-refractivity contribution >= 4 is 84.6 Å². The number of hydrogen-bond acceptors (Lipinski definition) is 5. The van der Waals surface area contributed by atoms with Crippen LogP contribution in [0.15, 0.2) is 118 Å². The summed E-state index contributed by atoms with van der Waals surface area (Å²) in [5.41, 5.74) is 4.57. The number of benzene rings is 5. The molecule has 0 aliphatic carbocycles. The van der Waals surface area contributed by atoms with Gasteiger partial charge in [-0.25, -0.2) is 4.98 Å². The summed E-state index contributed by atoms with van der Waals surface area (Å²) in [6.45, 7) is 0. The second-order valence-electron chi connectivity index (χ2n) is 11.0. The number of alkyl halides is 1. The van der Waals surface area contributed by atoms with Crippen molar-refractivity contribution in [2.45, 2.75) is 17.8 Å². The lowest BCUT2D eigenvalue weighted by molar-refractivity contribution is -0.123. The Balaban J connectivity index is 1.29. The number of anilines is 3. The van der Waals surface area contributed by atoms with Gasteiger partial charge < -0.3 is 15.3 Å². The molecule has 1 aliphatic rings. The topological polar surface area (TPSA) is 87.5 Å². The molecule has 47 heavy (non-hydrogen) atoms. The fourth-order valence-electron chi connectivity index (χ4n) is 5.80. The van der Waals surface area contributed by atoms with E-state index < -0.39 is 11.4 Å². The maximum Gasteiger partial charge on any atom is 0.266 e. The van der Waals surface area contributed by atoms with Crippen LogP contribution in [0.1, 0.15) is 23.0 Å². The Morgan fingerprint density at radius 2 is 1.51 bits per heavy atom. The van der Waals surface area contributed by atoms with E-state index in [0.717, 1.165) is 21.3 Å². The molecule has 5 aromatic carbocycles. The van der Waals surface area contributed by atoms with E-state index in [0.29, 0.717) is 50.3 Å². The van der Waals surface area contributed by atoms with Crippen molar-refractivity contribution in [1.29, 1.82) is 0 Å². The largest absolute Gasteiger partial charge is 0.508 e. The molecule has 2 N–H and O–H groups in total. The molecule has 2 unspecified atom stereocenters. The predicted octanol–water partition coefficient (Wildman–Crippen LogP) is 9.19. The van der Waals surface area contributed by atoms with Crippen molar-refractivity contribution in [3.63, 3.8) is 0 Å². The van der Waals surface area contributed by atoms with E-state index in [1.165, 1.54) is 0 Å². The number of nitrogens with zero attached hydrogens (tertiary/aromatic N) is 3. The quantitative estimate of drug-likeness (QED) is 0.126. The SMILES string of the molecule is O=C1C(Cl)C(c2ccc(O)cc2)N1c1ccc(-n2c(Cc3ccccc3Nc3c(Cl)cccc3Cl)nc3ccc(Br)cc3c2=O)cc1. The van der Waals surface area contributed by atoms with Crippen molar-refractivity contribution in [3.05, 3.63) is 151 Å². The second kappa shape index (κ2) is 12.7. The highest BCUT2D eigenvalue weighted by Gasteiger charge is 2.47. The number of carbonyl (C=O) groups is 1. The van der Waals surface area contributed by atoms with Crippen molar-refractivity contribution in [1.82, 2.24) is 9.55 Å². The first-order valence-corrected chi connectivity index (χ1v) is 16.5. The van der Waals surface area contributed by atoms with Gasteiger partial charge in [-0.1, -0.05) is 75.5 Å². The van der Waals surface area contributed by atoms with E-state index >= 15 is 0 Å². The first kappa shape index (κ1) is 31.3. The number of amides is 1. The highest BCUT2D eigenvalue weighted by Crippen LogP contribution is 2.42. The minimum atomic E-state index is -0.731. The lowest BCUT2D eigenvalue weighted by Crippen LogP contribution is -2.56. The number of rotatable bonds is 7. The van der Waals surface area contributed by atoms with Crippen LogP contribution in [-0.4, -0.2) is 25.9 Å². The monoisotopic (exact) mass is 744 g/mol. The number of aromatic nitrogens is 2. The highest BCUT2D eigenvalue weighted by atomic mass is 79.9. The van der Waals surface area contributed by atoms with Crippen LogP contribution in [0.4, 0.5) is 17.1 Å². The lowest BCUT2D eigenvalue weighted by atomic mass is 9.92. The molecule has 1 fully saturated rings. The number of halogens is 4. The van der Waals surface area contributed by atoms with Crippen molar-refractivity contribution in [2.24, 2.45) is 0 Å². The van der Waals surface area contributed by atoms with Gasteiger partial charge in [-0.3, -0.25) is 14.2 Å². The molecular formula is C36H24BrCl3N4O3. The van der Waals surface area contributed by atoms with Crippen LogP contribution < -0.4 is 15.8 Å². The van der Waals surface area contributed by atoms with Gasteiger partial charge in [0.2, 0.25) is 5.91 Å². The first-order valence-electron chi connectivity index (χ1n) is 14.6. The predicted molar refractivity (Wildman–Crippen MR) is 192 cm³/mol. The zero-order valence-corrected chi connectivity index (χ0v) is 28.2. The van der Waals surface area contributed by atoms with Crippen LogP contribution >= 0.6 is 50.7 Å². The standard InChI is InChI=1S/C36H24BrCl3N4O3/c37-22-10-17-30-26(19-22)35(46)43(31(41-30)18-21-4-1-2-7-29(21)42-33-27(38)5-3-6-28(33)39)23-11-13-24(14-12-23)44-34(32(40)36(44)47)20-8-15-25(45)16-9-20/h1-17,19,32,34,42,45H,18H2.